The fraction of sp³-hybridized carbons (Fsp3) is 0.412. The van der Waals surface area contributed by atoms with Crippen LogP contribution in [-0.2, 0) is 0 Å². The van der Waals surface area contributed by atoms with Gasteiger partial charge in [-0.15, -0.1) is 0 Å². The lowest BCUT2D eigenvalue weighted by molar-refractivity contribution is 0.834. The van der Waals surface area contributed by atoms with Crippen LogP contribution in [0.5, 0.6) is 0 Å². The fourth-order valence-corrected chi connectivity index (χ4v) is 4.73. The van der Waals surface area contributed by atoms with E-state index in [0.717, 1.165) is 28.4 Å². The van der Waals surface area contributed by atoms with Crippen LogP contribution < -0.4 is 0 Å². The first-order valence-corrected chi connectivity index (χ1v) is 13.5. The van der Waals surface area contributed by atoms with Gasteiger partial charge in [-0.1, -0.05) is 122 Å². The standard InChI is InChI=1S/C34H44N2/c1-22(2)28-17-13-18-29(23(3)4)33(28)35-26(9)21-32(27-15-11-10-12-16-27)36-34-30(24(5)6)19-14-20-31(34)25(7)8/h10-20,22-25H,21H2,1-9H3/b35-26-,36-32-. The minimum absolute atomic E-state index is 0.403. The predicted octanol–water partition coefficient (Wildman–Crippen LogP) is 10.5. The molecule has 0 aromatic heterocycles. The zero-order valence-electron chi connectivity index (χ0n) is 23.8. The monoisotopic (exact) mass is 480 g/mol. The number of nitrogens with zero attached hydrogens (tertiary/aromatic N) is 2. The summed E-state index contributed by atoms with van der Waals surface area (Å²) in [5, 5.41) is 0. The molecule has 0 saturated carbocycles. The normalized spacial score (nSPS) is 12.9. The topological polar surface area (TPSA) is 24.7 Å². The molecule has 3 aromatic carbocycles. The Kier molecular flexibility index (Phi) is 9.43. The molecule has 0 aliphatic heterocycles. The number of benzene rings is 3. The molecule has 0 radical (unpaired) electrons. The van der Waals surface area contributed by atoms with Crippen molar-refractivity contribution < 1.29 is 0 Å². The van der Waals surface area contributed by atoms with E-state index in [4.69, 9.17) is 9.98 Å². The van der Waals surface area contributed by atoms with E-state index >= 15 is 0 Å². The third kappa shape index (κ3) is 6.60. The van der Waals surface area contributed by atoms with Gasteiger partial charge in [0.25, 0.3) is 0 Å². The molecule has 0 atom stereocenters. The summed E-state index contributed by atoms with van der Waals surface area (Å²) in [6, 6.07) is 23.9. The summed E-state index contributed by atoms with van der Waals surface area (Å²) in [6.45, 7) is 20.2. The van der Waals surface area contributed by atoms with Crippen molar-refractivity contribution in [3.05, 3.63) is 94.5 Å². The molecule has 2 nitrogen and oxygen atoms in total. The Hall–Kier alpha value is -3.00. The average molecular weight is 481 g/mol. The van der Waals surface area contributed by atoms with Crippen molar-refractivity contribution in [2.75, 3.05) is 0 Å². The Balaban J connectivity index is 2.18. The number of aliphatic imine (C=N–C) groups is 2. The van der Waals surface area contributed by atoms with Crippen molar-refractivity contribution in [3.8, 4) is 0 Å². The molecule has 0 heterocycles. The second kappa shape index (κ2) is 12.3. The first-order chi connectivity index (χ1) is 17.1. The van der Waals surface area contributed by atoms with Gasteiger partial charge < -0.3 is 0 Å². The second-order valence-electron chi connectivity index (χ2n) is 11.1. The molecule has 2 heteroatoms. The Morgan fingerprint density at radius 2 is 0.917 bits per heavy atom. The maximum atomic E-state index is 5.40. The van der Waals surface area contributed by atoms with E-state index in [1.165, 1.54) is 22.3 Å². The van der Waals surface area contributed by atoms with Crippen LogP contribution in [0.3, 0.4) is 0 Å². The lowest BCUT2D eigenvalue weighted by atomic mass is 9.92. The average Bonchev–Trinajstić information content (AvgIpc) is 2.83. The van der Waals surface area contributed by atoms with Gasteiger partial charge in [0.15, 0.2) is 0 Å². The van der Waals surface area contributed by atoms with Gasteiger partial charge in [-0.05, 0) is 58.4 Å². The molecule has 0 amide bonds. The minimum Gasteiger partial charge on any atom is -0.257 e. The van der Waals surface area contributed by atoms with Crippen molar-refractivity contribution in [2.45, 2.75) is 92.4 Å². The molecule has 0 saturated heterocycles. The highest BCUT2D eigenvalue weighted by molar-refractivity contribution is 6.13. The molecule has 0 unspecified atom stereocenters. The van der Waals surface area contributed by atoms with Crippen LogP contribution >= 0.6 is 0 Å². The molecular formula is C34H44N2. The van der Waals surface area contributed by atoms with Crippen LogP contribution in [0.4, 0.5) is 11.4 Å². The van der Waals surface area contributed by atoms with Crippen LogP contribution in [0.15, 0.2) is 76.7 Å². The molecule has 3 aromatic rings. The van der Waals surface area contributed by atoms with Crippen molar-refractivity contribution in [1.82, 2.24) is 0 Å². The summed E-state index contributed by atoms with van der Waals surface area (Å²) in [5.74, 6) is 1.65. The molecule has 0 aliphatic rings. The Bertz CT molecular complexity index is 1160. The fourth-order valence-electron chi connectivity index (χ4n) is 4.73. The molecule has 0 N–H and O–H groups in total. The summed E-state index contributed by atoms with van der Waals surface area (Å²) in [6.07, 6.45) is 0.706. The first-order valence-electron chi connectivity index (χ1n) is 13.5. The van der Waals surface area contributed by atoms with Gasteiger partial charge in [-0.25, -0.2) is 0 Å². The number of para-hydroxylation sites is 2. The van der Waals surface area contributed by atoms with Gasteiger partial charge in [-0.3, -0.25) is 9.98 Å². The molecule has 3 rings (SSSR count). The van der Waals surface area contributed by atoms with Crippen molar-refractivity contribution >= 4 is 22.8 Å². The summed E-state index contributed by atoms with van der Waals surface area (Å²) < 4.78 is 0. The zero-order valence-corrected chi connectivity index (χ0v) is 23.8. The number of rotatable bonds is 9. The third-order valence-electron chi connectivity index (χ3n) is 6.76. The maximum absolute atomic E-state index is 5.40. The van der Waals surface area contributed by atoms with Gasteiger partial charge in [0.1, 0.15) is 0 Å². The molecule has 190 valence electrons. The summed E-state index contributed by atoms with van der Waals surface area (Å²) in [7, 11) is 0. The Labute approximate surface area is 219 Å². The zero-order chi connectivity index (χ0) is 26.4. The predicted molar refractivity (Wildman–Crippen MR) is 159 cm³/mol. The maximum Gasteiger partial charge on any atom is 0.0702 e. The van der Waals surface area contributed by atoms with Crippen molar-refractivity contribution in [2.24, 2.45) is 9.98 Å². The van der Waals surface area contributed by atoms with Gasteiger partial charge in [-0.2, -0.15) is 0 Å². The second-order valence-corrected chi connectivity index (χ2v) is 11.1. The third-order valence-corrected chi connectivity index (χ3v) is 6.76. The summed E-state index contributed by atoms with van der Waals surface area (Å²) in [5.41, 5.74) is 10.8. The van der Waals surface area contributed by atoms with Gasteiger partial charge >= 0.3 is 0 Å². The van der Waals surface area contributed by atoms with E-state index < -0.39 is 0 Å². The van der Waals surface area contributed by atoms with Gasteiger partial charge in [0.05, 0.1) is 17.1 Å². The van der Waals surface area contributed by atoms with Crippen LogP contribution in [0.1, 0.15) is 120 Å². The van der Waals surface area contributed by atoms with E-state index in [1.807, 2.05) is 0 Å². The van der Waals surface area contributed by atoms with Gasteiger partial charge in [0, 0.05) is 12.1 Å². The first kappa shape index (κ1) is 27.6. The molecule has 36 heavy (non-hydrogen) atoms. The smallest absolute Gasteiger partial charge is 0.0702 e. The molecule has 0 bridgehead atoms. The van der Waals surface area contributed by atoms with Crippen LogP contribution in [0.25, 0.3) is 0 Å². The van der Waals surface area contributed by atoms with Crippen LogP contribution in [0, 0.1) is 0 Å². The van der Waals surface area contributed by atoms with E-state index in [0.29, 0.717) is 30.1 Å². The van der Waals surface area contributed by atoms with E-state index in [-0.39, 0.29) is 0 Å². The SMILES string of the molecule is C/C(C/C(=N/c1c(C(C)C)cccc1C(C)C)c1ccccc1)=N/c1c(C(C)C)cccc1C(C)C. The highest BCUT2D eigenvalue weighted by Gasteiger charge is 2.17. The van der Waals surface area contributed by atoms with E-state index in [1.54, 1.807) is 0 Å². The molecular weight excluding hydrogens is 436 g/mol. The lowest BCUT2D eigenvalue weighted by Gasteiger charge is -2.19. The van der Waals surface area contributed by atoms with Crippen LogP contribution in [-0.4, -0.2) is 11.4 Å². The minimum atomic E-state index is 0.403. The van der Waals surface area contributed by atoms with E-state index in [9.17, 15) is 0 Å². The van der Waals surface area contributed by atoms with Crippen molar-refractivity contribution in [1.29, 1.82) is 0 Å². The Morgan fingerprint density at radius 1 is 0.528 bits per heavy atom. The van der Waals surface area contributed by atoms with Crippen molar-refractivity contribution in [3.63, 3.8) is 0 Å². The molecule has 0 spiro atoms. The van der Waals surface area contributed by atoms with Crippen LogP contribution in [0.2, 0.25) is 0 Å². The van der Waals surface area contributed by atoms with Gasteiger partial charge in [0.2, 0.25) is 0 Å². The summed E-state index contributed by atoms with van der Waals surface area (Å²) >= 11 is 0. The molecule has 0 fully saturated rings. The Morgan fingerprint density at radius 3 is 1.31 bits per heavy atom. The number of hydrogen-bond donors (Lipinski definition) is 0. The lowest BCUT2D eigenvalue weighted by Crippen LogP contribution is -2.08. The largest absolute Gasteiger partial charge is 0.257 e. The highest BCUT2D eigenvalue weighted by atomic mass is 14.8. The van der Waals surface area contributed by atoms with E-state index in [2.05, 4.69) is 129 Å². The summed E-state index contributed by atoms with van der Waals surface area (Å²) in [4.78, 5) is 10.7. The molecule has 0 aliphatic carbocycles. The highest BCUT2D eigenvalue weighted by Crippen LogP contribution is 2.37. The number of hydrogen-bond acceptors (Lipinski definition) is 2. The quantitative estimate of drug-likeness (QED) is 0.272.